The minimum absolute atomic E-state index is 0.0435. The predicted molar refractivity (Wildman–Crippen MR) is 112 cm³/mol. The summed E-state index contributed by atoms with van der Waals surface area (Å²) < 4.78 is 5.71. The van der Waals surface area contributed by atoms with Crippen molar-refractivity contribution in [2.24, 2.45) is 5.73 Å². The van der Waals surface area contributed by atoms with Crippen LogP contribution in [0.5, 0.6) is 5.75 Å². The zero-order chi connectivity index (χ0) is 20.2. The van der Waals surface area contributed by atoms with Gasteiger partial charge in [0.1, 0.15) is 11.6 Å². The SMILES string of the molecule is N=C(N)c1ccc2c(c1)C(CCNC(=O)c1ccc(-c3ccncc3)cc1)CO2. The summed E-state index contributed by atoms with van der Waals surface area (Å²) in [5, 5.41) is 10.6. The number of hydrogen-bond acceptors (Lipinski definition) is 4. The van der Waals surface area contributed by atoms with E-state index in [0.717, 1.165) is 28.9 Å². The number of nitrogens with two attached hydrogens (primary N) is 1. The van der Waals surface area contributed by atoms with Crippen molar-refractivity contribution >= 4 is 11.7 Å². The molecule has 146 valence electrons. The largest absolute Gasteiger partial charge is 0.493 e. The average molecular weight is 386 g/mol. The Labute approximate surface area is 169 Å². The summed E-state index contributed by atoms with van der Waals surface area (Å²) in [5.74, 6) is 0.960. The first-order chi connectivity index (χ1) is 14.1. The molecular weight excluding hydrogens is 364 g/mol. The quantitative estimate of drug-likeness (QED) is 0.447. The van der Waals surface area contributed by atoms with E-state index in [-0.39, 0.29) is 17.7 Å². The maximum atomic E-state index is 12.5. The van der Waals surface area contributed by atoms with Gasteiger partial charge in [0.15, 0.2) is 0 Å². The van der Waals surface area contributed by atoms with Crippen LogP contribution in [0, 0.1) is 5.41 Å². The minimum atomic E-state index is -0.0945. The van der Waals surface area contributed by atoms with Gasteiger partial charge in [-0.15, -0.1) is 0 Å². The van der Waals surface area contributed by atoms with Crippen LogP contribution in [0.4, 0.5) is 0 Å². The predicted octanol–water partition coefficient (Wildman–Crippen LogP) is 3.33. The van der Waals surface area contributed by atoms with Crippen molar-refractivity contribution in [1.29, 1.82) is 5.41 Å². The second kappa shape index (κ2) is 8.14. The Kier molecular flexibility index (Phi) is 5.24. The maximum Gasteiger partial charge on any atom is 0.251 e. The molecule has 0 saturated heterocycles. The molecule has 6 nitrogen and oxygen atoms in total. The molecule has 1 atom stereocenters. The highest BCUT2D eigenvalue weighted by Crippen LogP contribution is 2.36. The first-order valence-corrected chi connectivity index (χ1v) is 9.51. The van der Waals surface area contributed by atoms with Gasteiger partial charge in [0.2, 0.25) is 0 Å². The summed E-state index contributed by atoms with van der Waals surface area (Å²) in [5.41, 5.74) is 10.1. The van der Waals surface area contributed by atoms with Crippen molar-refractivity contribution in [3.8, 4) is 16.9 Å². The van der Waals surface area contributed by atoms with Crippen molar-refractivity contribution < 1.29 is 9.53 Å². The first kappa shape index (κ1) is 18.7. The van der Waals surface area contributed by atoms with Crippen LogP contribution >= 0.6 is 0 Å². The molecule has 0 spiro atoms. The highest BCUT2D eigenvalue weighted by Gasteiger charge is 2.24. The summed E-state index contributed by atoms with van der Waals surface area (Å²) in [6.07, 6.45) is 4.26. The number of rotatable bonds is 6. The van der Waals surface area contributed by atoms with Crippen LogP contribution in [0.3, 0.4) is 0 Å². The molecule has 1 aliphatic heterocycles. The van der Waals surface area contributed by atoms with Gasteiger partial charge in [0, 0.05) is 41.5 Å². The van der Waals surface area contributed by atoms with E-state index in [1.165, 1.54) is 0 Å². The average Bonchev–Trinajstić information content (AvgIpc) is 3.16. The van der Waals surface area contributed by atoms with Crippen LogP contribution in [0.1, 0.15) is 33.8 Å². The summed E-state index contributed by atoms with van der Waals surface area (Å²) in [7, 11) is 0. The molecule has 0 radical (unpaired) electrons. The fourth-order valence-electron chi connectivity index (χ4n) is 3.51. The Hall–Kier alpha value is -3.67. The van der Waals surface area contributed by atoms with Crippen molar-refractivity contribution in [3.63, 3.8) is 0 Å². The Balaban J connectivity index is 1.34. The molecule has 0 saturated carbocycles. The maximum absolute atomic E-state index is 12.5. The molecule has 4 rings (SSSR count). The van der Waals surface area contributed by atoms with Gasteiger partial charge < -0.3 is 15.8 Å². The van der Waals surface area contributed by atoms with Gasteiger partial charge in [-0.25, -0.2) is 0 Å². The number of carbonyl (C=O) groups excluding carboxylic acids is 1. The molecule has 3 aromatic rings. The van der Waals surface area contributed by atoms with Gasteiger partial charge in [-0.2, -0.15) is 0 Å². The number of fused-ring (bicyclic) bond motifs is 1. The first-order valence-electron chi connectivity index (χ1n) is 9.51. The molecule has 1 aliphatic rings. The highest BCUT2D eigenvalue weighted by molar-refractivity contribution is 5.95. The van der Waals surface area contributed by atoms with E-state index in [4.69, 9.17) is 15.9 Å². The topological polar surface area (TPSA) is 101 Å². The van der Waals surface area contributed by atoms with Gasteiger partial charge in [0.25, 0.3) is 5.91 Å². The van der Waals surface area contributed by atoms with Crippen LogP contribution in [-0.2, 0) is 0 Å². The molecule has 2 aromatic carbocycles. The van der Waals surface area contributed by atoms with Crippen LogP contribution in [-0.4, -0.2) is 29.9 Å². The molecule has 0 aliphatic carbocycles. The normalized spacial score (nSPS) is 14.7. The van der Waals surface area contributed by atoms with E-state index in [0.29, 0.717) is 24.3 Å². The van der Waals surface area contributed by atoms with Gasteiger partial charge in [-0.05, 0) is 60.0 Å². The zero-order valence-corrected chi connectivity index (χ0v) is 15.9. The van der Waals surface area contributed by atoms with Crippen molar-refractivity contribution in [1.82, 2.24) is 10.3 Å². The zero-order valence-electron chi connectivity index (χ0n) is 15.9. The number of hydrogen-bond donors (Lipinski definition) is 3. The smallest absolute Gasteiger partial charge is 0.251 e. The van der Waals surface area contributed by atoms with Gasteiger partial charge in [0.05, 0.1) is 6.61 Å². The molecule has 0 fully saturated rings. The third-order valence-electron chi connectivity index (χ3n) is 5.14. The van der Waals surface area contributed by atoms with Crippen LogP contribution < -0.4 is 15.8 Å². The summed E-state index contributed by atoms with van der Waals surface area (Å²) in [6.45, 7) is 1.12. The lowest BCUT2D eigenvalue weighted by Gasteiger charge is -2.11. The number of benzene rings is 2. The molecule has 0 bridgehead atoms. The van der Waals surface area contributed by atoms with Crippen LogP contribution in [0.2, 0.25) is 0 Å². The lowest BCUT2D eigenvalue weighted by atomic mass is 9.96. The number of amidine groups is 1. The Bertz CT molecular complexity index is 1030. The van der Waals surface area contributed by atoms with Crippen LogP contribution in [0.25, 0.3) is 11.1 Å². The second-order valence-electron chi connectivity index (χ2n) is 7.03. The molecule has 2 heterocycles. The molecular formula is C23H22N4O2. The van der Waals surface area contributed by atoms with E-state index in [1.807, 2.05) is 48.5 Å². The van der Waals surface area contributed by atoms with E-state index in [1.54, 1.807) is 18.5 Å². The number of nitrogens with one attached hydrogen (secondary N) is 2. The van der Waals surface area contributed by atoms with Crippen molar-refractivity contribution in [3.05, 3.63) is 83.7 Å². The number of aromatic nitrogens is 1. The third-order valence-corrected chi connectivity index (χ3v) is 5.14. The lowest BCUT2D eigenvalue weighted by Crippen LogP contribution is -2.25. The van der Waals surface area contributed by atoms with E-state index >= 15 is 0 Å². The van der Waals surface area contributed by atoms with Crippen LogP contribution in [0.15, 0.2) is 67.0 Å². The number of carbonyl (C=O) groups is 1. The lowest BCUT2D eigenvalue weighted by molar-refractivity contribution is 0.0952. The number of nitrogen functional groups attached to an aromatic ring is 1. The summed E-state index contributed by atoms with van der Waals surface area (Å²) >= 11 is 0. The van der Waals surface area contributed by atoms with E-state index < -0.39 is 0 Å². The van der Waals surface area contributed by atoms with Crippen molar-refractivity contribution in [2.45, 2.75) is 12.3 Å². The second-order valence-corrected chi connectivity index (χ2v) is 7.03. The highest BCUT2D eigenvalue weighted by atomic mass is 16.5. The molecule has 4 N–H and O–H groups in total. The van der Waals surface area contributed by atoms with E-state index in [2.05, 4.69) is 10.3 Å². The summed E-state index contributed by atoms with van der Waals surface area (Å²) in [4.78, 5) is 16.5. The third kappa shape index (κ3) is 4.11. The van der Waals surface area contributed by atoms with Gasteiger partial charge in [-0.1, -0.05) is 12.1 Å². The number of ether oxygens (including phenoxy) is 1. The monoisotopic (exact) mass is 386 g/mol. The van der Waals surface area contributed by atoms with Gasteiger partial charge in [-0.3, -0.25) is 15.2 Å². The minimum Gasteiger partial charge on any atom is -0.493 e. The standard InChI is InChI=1S/C23H22N4O2/c24-22(25)18-5-6-21-20(13-18)19(14-29-21)9-12-27-23(28)17-3-1-15(2-4-17)16-7-10-26-11-8-16/h1-8,10-11,13,19H,9,12,14H2,(H3,24,25)(H,27,28). The Morgan fingerprint density at radius 2 is 1.76 bits per heavy atom. The molecule has 29 heavy (non-hydrogen) atoms. The molecule has 1 unspecified atom stereocenters. The molecule has 6 heteroatoms. The molecule has 1 aromatic heterocycles. The number of amides is 1. The Morgan fingerprint density at radius 3 is 2.48 bits per heavy atom. The van der Waals surface area contributed by atoms with E-state index in [9.17, 15) is 4.79 Å². The number of pyridine rings is 1. The molecule has 1 amide bonds. The number of nitrogens with zero attached hydrogens (tertiary/aromatic N) is 1. The van der Waals surface area contributed by atoms with Gasteiger partial charge >= 0.3 is 0 Å². The fourth-order valence-corrected chi connectivity index (χ4v) is 3.51. The van der Waals surface area contributed by atoms with Crippen molar-refractivity contribution in [2.75, 3.05) is 13.2 Å². The summed E-state index contributed by atoms with van der Waals surface area (Å²) in [6, 6.07) is 17.0. The fraction of sp³-hybridized carbons (Fsp3) is 0.174. The Morgan fingerprint density at radius 1 is 1.07 bits per heavy atom.